The molecule has 4 aromatic heterocycles. The van der Waals surface area contributed by atoms with Crippen LogP contribution in [0.4, 0.5) is 5.82 Å². The fourth-order valence-electron chi connectivity index (χ4n) is 3.46. The van der Waals surface area contributed by atoms with Crippen LogP contribution in [0.5, 0.6) is 0 Å². The number of hydrogen-bond acceptors (Lipinski definition) is 8. The summed E-state index contributed by atoms with van der Waals surface area (Å²) < 4.78 is 3.07. The third-order valence-electron chi connectivity index (χ3n) is 5.33. The smallest absolute Gasteiger partial charge is 0.254 e. The van der Waals surface area contributed by atoms with Gasteiger partial charge in [-0.15, -0.1) is 11.3 Å². The van der Waals surface area contributed by atoms with E-state index in [9.17, 15) is 19.6 Å². The predicted octanol–water partition coefficient (Wildman–Crippen LogP) is 5.54. The number of aromatic nitrogens is 3. The first-order chi connectivity index (χ1) is 17.1. The lowest BCUT2D eigenvalue weighted by molar-refractivity contribution is 0.0752. The van der Waals surface area contributed by atoms with Crippen LogP contribution >= 0.6 is 34.3 Å². The molecule has 0 saturated heterocycles. The topological polar surface area (TPSA) is 110 Å². The molecule has 0 bridgehead atoms. The van der Waals surface area contributed by atoms with E-state index in [2.05, 4.69) is 10.4 Å². The van der Waals surface area contributed by atoms with Gasteiger partial charge in [-0.2, -0.15) is 26.4 Å². The lowest BCUT2D eigenvalue weighted by Gasteiger charge is -2.18. The Hall–Kier alpha value is -3.52. The molecule has 0 amide bonds. The number of anilines is 1. The summed E-state index contributed by atoms with van der Waals surface area (Å²) in [4.78, 5) is 39.4. The van der Waals surface area contributed by atoms with Crippen LogP contribution in [0.15, 0.2) is 52.0 Å². The van der Waals surface area contributed by atoms with Crippen molar-refractivity contribution < 1.29 is 9.59 Å². The molecular formula is C25H22ClN5O3S2. The maximum absolute atomic E-state index is 13.2. The number of rotatable bonds is 7. The van der Waals surface area contributed by atoms with E-state index in [1.165, 1.54) is 39.5 Å². The van der Waals surface area contributed by atoms with Gasteiger partial charge in [0.25, 0.3) is 11.5 Å². The van der Waals surface area contributed by atoms with E-state index in [1.807, 2.05) is 12.1 Å². The quantitative estimate of drug-likeness (QED) is 0.309. The number of pyridine rings is 1. The first-order valence-electron chi connectivity index (χ1n) is 10.9. The minimum absolute atomic E-state index is 0.00414. The minimum atomic E-state index is -0.726. The van der Waals surface area contributed by atoms with E-state index in [-0.39, 0.29) is 23.9 Å². The molecule has 0 aliphatic rings. The first-order valence-corrected chi connectivity index (χ1v) is 13.0. The molecule has 0 aromatic carbocycles. The number of nitrogens with zero attached hydrogens (tertiary/aromatic N) is 4. The van der Waals surface area contributed by atoms with E-state index in [4.69, 9.17) is 11.6 Å². The Kier molecular flexibility index (Phi) is 7.26. The van der Waals surface area contributed by atoms with Gasteiger partial charge in [-0.25, -0.2) is 0 Å². The summed E-state index contributed by atoms with van der Waals surface area (Å²) in [6.07, 6.45) is 0. The zero-order valence-corrected chi connectivity index (χ0v) is 22.1. The van der Waals surface area contributed by atoms with Crippen molar-refractivity contribution in [3.63, 3.8) is 0 Å². The zero-order valence-electron chi connectivity index (χ0n) is 19.7. The normalized spacial score (nSPS) is 11.3. The molecule has 0 saturated carbocycles. The van der Waals surface area contributed by atoms with Crippen LogP contribution in [0.1, 0.15) is 46.5 Å². The Morgan fingerprint density at radius 2 is 1.97 bits per heavy atom. The van der Waals surface area contributed by atoms with Crippen LogP contribution in [0, 0.1) is 16.7 Å². The molecule has 11 heteroatoms. The number of carbonyl (C=O) groups is 2. The highest BCUT2D eigenvalue weighted by atomic mass is 35.5. The summed E-state index contributed by atoms with van der Waals surface area (Å²) in [5, 5.41) is 21.2. The number of nitrogens with one attached hydrogen (secondary N) is 1. The Morgan fingerprint density at radius 3 is 2.58 bits per heavy atom. The maximum Gasteiger partial charge on any atom is 0.254 e. The summed E-state index contributed by atoms with van der Waals surface area (Å²) in [6.45, 7) is 5.50. The molecule has 0 unspecified atom stereocenters. The average Bonchev–Trinajstić information content (AvgIpc) is 3.59. The van der Waals surface area contributed by atoms with Gasteiger partial charge in [-0.3, -0.25) is 19.0 Å². The first kappa shape index (κ1) is 25.6. The van der Waals surface area contributed by atoms with Gasteiger partial charge in [-0.1, -0.05) is 32.4 Å². The molecular weight excluding hydrogens is 518 g/mol. The van der Waals surface area contributed by atoms with Crippen molar-refractivity contribution >= 4 is 51.8 Å². The molecule has 0 aliphatic heterocycles. The van der Waals surface area contributed by atoms with Crippen molar-refractivity contribution in [2.75, 3.05) is 5.32 Å². The van der Waals surface area contributed by atoms with Crippen molar-refractivity contribution in [2.45, 2.75) is 33.9 Å². The molecule has 4 aromatic rings. The number of ketones is 1. The monoisotopic (exact) mass is 539 g/mol. The molecule has 4 heterocycles. The standard InChI is InChI=1S/C25H22ClN5O3S2/c1-25(2,3)24(34)31-22(28-12-16-4-6-21(26)36-16)10-18(29-31)17-5-7-23(33)30(19(17)11-27)13-20(32)15-8-9-35-14-15/h4-10,14,28H,12-13H2,1-3H3. The van der Waals surface area contributed by atoms with E-state index in [0.717, 1.165) is 9.44 Å². The number of nitriles is 1. The number of Topliss-reactive ketones (excluding diaryl/α,β-unsaturated/α-hetero) is 1. The highest BCUT2D eigenvalue weighted by Gasteiger charge is 2.28. The fraction of sp³-hybridized carbons (Fsp3) is 0.240. The van der Waals surface area contributed by atoms with Gasteiger partial charge in [0, 0.05) is 38.9 Å². The van der Waals surface area contributed by atoms with E-state index >= 15 is 0 Å². The van der Waals surface area contributed by atoms with Crippen LogP contribution in [-0.4, -0.2) is 26.0 Å². The van der Waals surface area contributed by atoms with Crippen molar-refractivity contribution in [3.8, 4) is 17.3 Å². The lowest BCUT2D eigenvalue weighted by Crippen LogP contribution is -2.29. The van der Waals surface area contributed by atoms with Gasteiger partial charge < -0.3 is 5.32 Å². The van der Waals surface area contributed by atoms with Crippen LogP contribution in [0.3, 0.4) is 0 Å². The van der Waals surface area contributed by atoms with Gasteiger partial charge in [-0.05, 0) is 29.6 Å². The Labute approximate surface area is 220 Å². The fourth-order valence-corrected chi connectivity index (χ4v) is 5.14. The molecule has 0 fully saturated rings. The van der Waals surface area contributed by atoms with Crippen LogP contribution in [0.2, 0.25) is 4.34 Å². The van der Waals surface area contributed by atoms with Crippen molar-refractivity contribution in [1.29, 1.82) is 5.26 Å². The summed E-state index contributed by atoms with van der Waals surface area (Å²) in [5.74, 6) is -0.0947. The number of thiophene rings is 2. The molecule has 4 rings (SSSR count). The molecule has 184 valence electrons. The van der Waals surface area contributed by atoms with Crippen molar-refractivity contribution in [3.05, 3.63) is 78.0 Å². The summed E-state index contributed by atoms with van der Waals surface area (Å²) in [5.41, 5.74) is -0.0603. The zero-order chi connectivity index (χ0) is 26.0. The third-order valence-corrected chi connectivity index (χ3v) is 7.24. The average molecular weight is 540 g/mol. The van der Waals surface area contributed by atoms with Gasteiger partial charge in [0.05, 0.1) is 23.1 Å². The van der Waals surface area contributed by atoms with Gasteiger partial charge in [0.1, 0.15) is 17.6 Å². The largest absolute Gasteiger partial charge is 0.365 e. The summed E-state index contributed by atoms with van der Waals surface area (Å²) >= 11 is 8.83. The number of hydrogen-bond donors (Lipinski definition) is 1. The van der Waals surface area contributed by atoms with Gasteiger partial charge >= 0.3 is 0 Å². The second kappa shape index (κ2) is 10.2. The van der Waals surface area contributed by atoms with Crippen LogP contribution in [-0.2, 0) is 13.1 Å². The third kappa shape index (κ3) is 5.33. The summed E-state index contributed by atoms with van der Waals surface area (Å²) in [6, 6.07) is 11.9. The molecule has 0 atom stereocenters. The summed E-state index contributed by atoms with van der Waals surface area (Å²) in [7, 11) is 0. The van der Waals surface area contributed by atoms with Crippen molar-refractivity contribution in [2.24, 2.45) is 5.41 Å². The molecule has 0 spiro atoms. The maximum atomic E-state index is 13.2. The van der Waals surface area contributed by atoms with Gasteiger partial charge in [0.2, 0.25) is 0 Å². The Bertz CT molecular complexity index is 1530. The molecule has 8 nitrogen and oxygen atoms in total. The minimum Gasteiger partial charge on any atom is -0.365 e. The van der Waals surface area contributed by atoms with Crippen molar-refractivity contribution in [1.82, 2.24) is 14.3 Å². The van der Waals surface area contributed by atoms with Gasteiger partial charge in [0.15, 0.2) is 5.78 Å². The molecule has 1 N–H and O–H groups in total. The highest BCUT2D eigenvalue weighted by molar-refractivity contribution is 7.16. The molecule has 36 heavy (non-hydrogen) atoms. The molecule has 0 aliphatic carbocycles. The second-order valence-electron chi connectivity index (χ2n) is 9.01. The lowest BCUT2D eigenvalue weighted by atomic mass is 9.96. The Balaban J connectivity index is 1.76. The van der Waals surface area contributed by atoms with E-state index < -0.39 is 11.0 Å². The second-order valence-corrected chi connectivity index (χ2v) is 11.6. The van der Waals surface area contributed by atoms with Crippen LogP contribution < -0.4 is 10.9 Å². The van der Waals surface area contributed by atoms with E-state index in [0.29, 0.717) is 33.5 Å². The highest BCUT2D eigenvalue weighted by Crippen LogP contribution is 2.29. The SMILES string of the molecule is CC(C)(C)C(=O)n1nc(-c2ccc(=O)n(CC(=O)c3ccsc3)c2C#N)cc1NCc1ccc(Cl)s1. The van der Waals surface area contributed by atoms with Crippen LogP contribution in [0.25, 0.3) is 11.3 Å². The van der Waals surface area contributed by atoms with E-state index in [1.54, 1.807) is 49.7 Å². The Morgan fingerprint density at radius 1 is 1.19 bits per heavy atom. The number of halogens is 1. The number of carbonyl (C=O) groups excluding carboxylic acids is 2. The molecule has 0 radical (unpaired) electrons. The predicted molar refractivity (Wildman–Crippen MR) is 142 cm³/mol.